The van der Waals surface area contributed by atoms with E-state index in [9.17, 15) is 0 Å². The zero-order valence-corrected chi connectivity index (χ0v) is 27.8. The van der Waals surface area contributed by atoms with Gasteiger partial charge in [0.1, 0.15) is 0 Å². The van der Waals surface area contributed by atoms with Gasteiger partial charge in [0.15, 0.2) is 0 Å². The van der Waals surface area contributed by atoms with E-state index >= 15 is 0 Å². The van der Waals surface area contributed by atoms with E-state index in [0.717, 1.165) is 27.7 Å². The number of benzene rings is 7. The predicted octanol–water partition coefficient (Wildman–Crippen LogP) is 12.2. The molecule has 1 aliphatic rings. The molecule has 0 aliphatic heterocycles. The quantitative estimate of drug-likeness (QED) is 0.188. The summed E-state index contributed by atoms with van der Waals surface area (Å²) < 4.78 is 4.90. The minimum atomic E-state index is -0.173. The molecule has 0 amide bonds. The van der Waals surface area contributed by atoms with Crippen molar-refractivity contribution in [1.29, 1.82) is 0 Å². The summed E-state index contributed by atoms with van der Waals surface area (Å²) in [6.45, 7) is 4.75. The van der Waals surface area contributed by atoms with Gasteiger partial charge in [0.2, 0.25) is 5.95 Å². The Kier molecular flexibility index (Phi) is 5.33. The first-order valence-electron chi connectivity index (χ1n) is 16.9. The zero-order valence-electron chi connectivity index (χ0n) is 27.0. The van der Waals surface area contributed by atoms with Crippen LogP contribution in [0.2, 0.25) is 0 Å². The van der Waals surface area contributed by atoms with Crippen LogP contribution in [0.3, 0.4) is 0 Å². The Morgan fingerprint density at radius 3 is 2.08 bits per heavy atom. The number of rotatable bonds is 2. The summed E-state index contributed by atoms with van der Waals surface area (Å²) >= 11 is 1.84. The highest BCUT2D eigenvalue weighted by Crippen LogP contribution is 2.56. The molecule has 0 unspecified atom stereocenters. The van der Waals surface area contributed by atoms with E-state index in [2.05, 4.69) is 158 Å². The fourth-order valence-electron chi connectivity index (χ4n) is 8.72. The third kappa shape index (κ3) is 3.51. The van der Waals surface area contributed by atoms with Gasteiger partial charge in [0.05, 0.1) is 22.2 Å². The lowest BCUT2D eigenvalue weighted by Crippen LogP contribution is -2.15. The van der Waals surface area contributed by atoms with Crippen molar-refractivity contribution in [3.8, 4) is 28.3 Å². The van der Waals surface area contributed by atoms with Crippen LogP contribution in [0.4, 0.5) is 0 Å². The van der Waals surface area contributed by atoms with Crippen molar-refractivity contribution in [2.45, 2.75) is 19.3 Å². The Hall–Kier alpha value is -5.84. The van der Waals surface area contributed by atoms with E-state index in [1.165, 1.54) is 69.5 Å². The Morgan fingerprint density at radius 2 is 1.20 bits per heavy atom. The van der Waals surface area contributed by atoms with Crippen LogP contribution >= 0.6 is 11.3 Å². The number of hydrogen-bond acceptors (Lipinski definition) is 3. The summed E-state index contributed by atoms with van der Waals surface area (Å²) in [5.41, 5.74) is 10.5. The van der Waals surface area contributed by atoms with Crippen molar-refractivity contribution in [3.05, 3.63) is 151 Å². The first-order chi connectivity index (χ1) is 24.1. The van der Waals surface area contributed by atoms with E-state index < -0.39 is 0 Å². The molecule has 3 aromatic heterocycles. The summed E-state index contributed by atoms with van der Waals surface area (Å²) in [6.07, 6.45) is 0. The molecule has 0 saturated carbocycles. The van der Waals surface area contributed by atoms with Gasteiger partial charge in [0.25, 0.3) is 0 Å². The normalized spacial score (nSPS) is 13.7. The lowest BCUT2D eigenvalue weighted by Gasteiger charge is -2.23. The lowest BCUT2D eigenvalue weighted by atomic mass is 9.79. The molecule has 49 heavy (non-hydrogen) atoms. The molecule has 3 heterocycles. The van der Waals surface area contributed by atoms with Gasteiger partial charge in [-0.1, -0.05) is 135 Å². The number of aromatic nitrogens is 3. The monoisotopic (exact) mass is 643 g/mol. The van der Waals surface area contributed by atoms with Crippen LogP contribution < -0.4 is 0 Å². The summed E-state index contributed by atoms with van der Waals surface area (Å²) in [4.78, 5) is 11.0. The van der Waals surface area contributed by atoms with Gasteiger partial charge in [0, 0.05) is 52.9 Å². The average molecular weight is 644 g/mol. The van der Waals surface area contributed by atoms with E-state index in [1.807, 2.05) is 11.3 Å². The maximum Gasteiger partial charge on any atom is 0.235 e. The van der Waals surface area contributed by atoms with Crippen molar-refractivity contribution in [3.63, 3.8) is 0 Å². The third-order valence-corrected chi connectivity index (χ3v) is 12.0. The molecule has 1 aliphatic carbocycles. The van der Waals surface area contributed by atoms with Crippen molar-refractivity contribution < 1.29 is 0 Å². The minimum absolute atomic E-state index is 0.173. The van der Waals surface area contributed by atoms with Gasteiger partial charge >= 0.3 is 0 Å². The molecule has 0 radical (unpaired) electrons. The number of hydrogen-bond donors (Lipinski definition) is 0. The van der Waals surface area contributed by atoms with Crippen LogP contribution in [0, 0.1) is 0 Å². The van der Waals surface area contributed by atoms with E-state index in [1.54, 1.807) is 0 Å². The Labute approximate surface area is 286 Å². The second kappa shape index (κ2) is 9.62. The Morgan fingerprint density at radius 1 is 0.551 bits per heavy atom. The molecule has 0 spiro atoms. The average Bonchev–Trinajstić information content (AvgIpc) is 3.77. The topological polar surface area (TPSA) is 30.7 Å². The molecule has 0 fully saturated rings. The highest BCUT2D eigenvalue weighted by Gasteiger charge is 2.40. The van der Waals surface area contributed by atoms with Crippen molar-refractivity contribution in [2.24, 2.45) is 0 Å². The van der Waals surface area contributed by atoms with Gasteiger partial charge in [-0.25, -0.2) is 9.97 Å². The molecule has 7 aromatic carbocycles. The summed E-state index contributed by atoms with van der Waals surface area (Å²) in [6, 6.07) is 50.5. The maximum atomic E-state index is 5.59. The summed E-state index contributed by atoms with van der Waals surface area (Å²) in [5, 5.41) is 8.65. The van der Waals surface area contributed by atoms with Gasteiger partial charge in [-0.15, -0.1) is 11.3 Å². The summed E-state index contributed by atoms with van der Waals surface area (Å²) in [5.74, 6) is 0.692. The van der Waals surface area contributed by atoms with E-state index in [0.29, 0.717) is 5.95 Å². The van der Waals surface area contributed by atoms with Crippen LogP contribution in [-0.4, -0.2) is 14.5 Å². The molecular weight excluding hydrogens is 615 g/mol. The zero-order chi connectivity index (χ0) is 32.4. The van der Waals surface area contributed by atoms with E-state index in [-0.39, 0.29) is 5.41 Å². The maximum absolute atomic E-state index is 5.59. The largest absolute Gasteiger partial charge is 0.277 e. The molecule has 10 aromatic rings. The smallest absolute Gasteiger partial charge is 0.235 e. The molecule has 11 rings (SSSR count). The fraction of sp³-hybridized carbons (Fsp3) is 0.0667. The number of para-hydroxylation sites is 2. The molecule has 0 bridgehead atoms. The number of thiophene rings is 1. The molecule has 0 N–H and O–H groups in total. The highest BCUT2D eigenvalue weighted by atomic mass is 32.1. The molecular formula is C45H29N3S. The number of fused-ring (bicyclic) bond motifs is 14. The van der Waals surface area contributed by atoms with Crippen molar-refractivity contribution >= 4 is 75.0 Å². The van der Waals surface area contributed by atoms with Gasteiger partial charge in [-0.2, -0.15) is 0 Å². The van der Waals surface area contributed by atoms with Crippen LogP contribution in [-0.2, 0) is 5.41 Å². The van der Waals surface area contributed by atoms with Crippen molar-refractivity contribution in [2.75, 3.05) is 0 Å². The second-order valence-electron chi connectivity index (χ2n) is 13.7. The van der Waals surface area contributed by atoms with Crippen LogP contribution in [0.25, 0.3) is 92.0 Å². The molecule has 0 saturated heterocycles. The highest BCUT2D eigenvalue weighted by molar-refractivity contribution is 7.26. The first-order valence-corrected chi connectivity index (χ1v) is 17.7. The molecule has 3 nitrogen and oxygen atoms in total. The summed E-state index contributed by atoms with van der Waals surface area (Å²) in [7, 11) is 0. The second-order valence-corrected chi connectivity index (χ2v) is 14.8. The molecule has 230 valence electrons. The van der Waals surface area contributed by atoms with Crippen LogP contribution in [0.5, 0.6) is 0 Å². The third-order valence-electron chi connectivity index (χ3n) is 10.8. The lowest BCUT2D eigenvalue weighted by molar-refractivity contribution is 0.666. The van der Waals surface area contributed by atoms with Crippen LogP contribution in [0.15, 0.2) is 140 Å². The molecule has 4 heteroatoms. The SMILES string of the molecule is CC1(C)c2ccccc2-c2c1c1ccccc1c1c3ccccc3n(-c3nc(-c4cccc5c4sc4ccccc45)c4ccccc4n3)c21. The number of nitrogens with zero attached hydrogens (tertiary/aromatic N) is 3. The van der Waals surface area contributed by atoms with E-state index in [4.69, 9.17) is 9.97 Å². The van der Waals surface area contributed by atoms with Gasteiger partial charge in [-0.3, -0.25) is 4.57 Å². The first kappa shape index (κ1) is 27.1. The van der Waals surface area contributed by atoms with Crippen LogP contribution in [0.1, 0.15) is 25.0 Å². The molecule has 0 atom stereocenters. The predicted molar refractivity (Wildman–Crippen MR) is 207 cm³/mol. The Balaban J connectivity index is 1.34. The minimum Gasteiger partial charge on any atom is -0.277 e. The Bertz CT molecular complexity index is 3030. The van der Waals surface area contributed by atoms with Crippen molar-refractivity contribution in [1.82, 2.24) is 14.5 Å². The van der Waals surface area contributed by atoms with Gasteiger partial charge < -0.3 is 0 Å². The fourth-order valence-corrected chi connectivity index (χ4v) is 9.94. The standard InChI is InChI=1S/C45H29N3S/c1-45(2)34-22-9-5-17-30(34)39-40(45)28-16-4-3-15-27(28)38-32-19-7-11-24-36(32)48(42(38)39)44-46-35-23-10-6-18-31(35)41(47-44)33-21-13-20-29-26-14-8-12-25-37(26)49-43(29)33/h3-25H,1-2H3. The van der Waals surface area contributed by atoms with Gasteiger partial charge in [-0.05, 0) is 45.7 Å².